The molecule has 74 valence electrons. The standard InChI is InChI=1S/C9H7BrClNO2/c10-7-2-1-5(11)3-6(7)8-4-14-9(13)12-8/h1-3,8H,4H2,(H,12,13)/t8-/m1/s1. The third-order valence-corrected chi connectivity index (χ3v) is 2.96. The van der Waals surface area contributed by atoms with Gasteiger partial charge >= 0.3 is 6.09 Å². The van der Waals surface area contributed by atoms with Gasteiger partial charge in [-0.15, -0.1) is 0 Å². The summed E-state index contributed by atoms with van der Waals surface area (Å²) in [5, 5.41) is 3.33. The molecule has 1 saturated heterocycles. The summed E-state index contributed by atoms with van der Waals surface area (Å²) in [6.45, 7) is 0.345. The summed E-state index contributed by atoms with van der Waals surface area (Å²) < 4.78 is 5.72. The summed E-state index contributed by atoms with van der Waals surface area (Å²) in [5.41, 5.74) is 0.934. The topological polar surface area (TPSA) is 38.3 Å². The van der Waals surface area contributed by atoms with Gasteiger partial charge in [-0.3, -0.25) is 0 Å². The van der Waals surface area contributed by atoms with Crippen molar-refractivity contribution in [3.05, 3.63) is 33.3 Å². The molecular weight excluding hydrogens is 269 g/mol. The zero-order valence-electron chi connectivity index (χ0n) is 7.09. The monoisotopic (exact) mass is 275 g/mol. The van der Waals surface area contributed by atoms with Gasteiger partial charge in [0.1, 0.15) is 6.61 Å². The lowest BCUT2D eigenvalue weighted by Gasteiger charge is -2.10. The Bertz CT molecular complexity index is 383. The maximum atomic E-state index is 10.8. The number of amides is 1. The molecule has 1 amide bonds. The zero-order chi connectivity index (χ0) is 10.1. The van der Waals surface area contributed by atoms with Crippen LogP contribution in [0.15, 0.2) is 22.7 Å². The highest BCUT2D eigenvalue weighted by Crippen LogP contribution is 2.28. The molecular formula is C9H7BrClNO2. The molecule has 1 atom stereocenters. The van der Waals surface area contributed by atoms with Crippen LogP contribution in [-0.4, -0.2) is 12.7 Å². The molecule has 1 N–H and O–H groups in total. The van der Waals surface area contributed by atoms with Crippen LogP contribution in [0.1, 0.15) is 11.6 Å². The van der Waals surface area contributed by atoms with Crippen molar-refractivity contribution in [2.45, 2.75) is 6.04 Å². The number of benzene rings is 1. The van der Waals surface area contributed by atoms with Gasteiger partial charge in [-0.1, -0.05) is 27.5 Å². The average molecular weight is 277 g/mol. The van der Waals surface area contributed by atoms with Gasteiger partial charge < -0.3 is 10.1 Å². The van der Waals surface area contributed by atoms with Gasteiger partial charge in [-0.25, -0.2) is 4.79 Å². The van der Waals surface area contributed by atoms with E-state index in [0.717, 1.165) is 10.0 Å². The molecule has 1 aliphatic rings. The summed E-state index contributed by atoms with van der Waals surface area (Å²) in [5.74, 6) is 0. The minimum atomic E-state index is -0.387. The lowest BCUT2D eigenvalue weighted by atomic mass is 10.1. The van der Waals surface area contributed by atoms with E-state index in [1.807, 2.05) is 12.1 Å². The fourth-order valence-corrected chi connectivity index (χ4v) is 2.04. The van der Waals surface area contributed by atoms with Gasteiger partial charge in [0.25, 0.3) is 0 Å². The molecule has 0 spiro atoms. The Kier molecular flexibility index (Phi) is 2.65. The maximum Gasteiger partial charge on any atom is 0.407 e. The molecule has 1 aliphatic heterocycles. The van der Waals surface area contributed by atoms with Crippen molar-refractivity contribution in [1.82, 2.24) is 5.32 Å². The zero-order valence-corrected chi connectivity index (χ0v) is 9.43. The maximum absolute atomic E-state index is 10.8. The first-order valence-electron chi connectivity index (χ1n) is 4.05. The fraction of sp³-hybridized carbons (Fsp3) is 0.222. The highest BCUT2D eigenvalue weighted by molar-refractivity contribution is 9.10. The van der Waals surface area contributed by atoms with Crippen LogP contribution in [0.4, 0.5) is 4.79 Å². The van der Waals surface area contributed by atoms with Crippen molar-refractivity contribution in [2.75, 3.05) is 6.61 Å². The molecule has 0 bridgehead atoms. The average Bonchev–Trinajstić information content (AvgIpc) is 2.56. The number of carbonyl (C=O) groups excluding carboxylic acids is 1. The van der Waals surface area contributed by atoms with Gasteiger partial charge in [-0.2, -0.15) is 0 Å². The summed E-state index contributed by atoms with van der Waals surface area (Å²) in [6.07, 6.45) is -0.387. The van der Waals surface area contributed by atoms with Gasteiger partial charge in [0.05, 0.1) is 6.04 Å². The van der Waals surface area contributed by atoms with E-state index in [1.54, 1.807) is 6.07 Å². The highest BCUT2D eigenvalue weighted by Gasteiger charge is 2.25. The van der Waals surface area contributed by atoms with E-state index in [-0.39, 0.29) is 12.1 Å². The van der Waals surface area contributed by atoms with Crippen LogP contribution in [0.3, 0.4) is 0 Å². The molecule has 5 heteroatoms. The van der Waals surface area contributed by atoms with Crippen molar-refractivity contribution in [3.8, 4) is 0 Å². The van der Waals surface area contributed by atoms with Crippen LogP contribution in [0.25, 0.3) is 0 Å². The van der Waals surface area contributed by atoms with Crippen molar-refractivity contribution < 1.29 is 9.53 Å². The Morgan fingerprint density at radius 3 is 3.00 bits per heavy atom. The van der Waals surface area contributed by atoms with Crippen LogP contribution in [0, 0.1) is 0 Å². The summed E-state index contributed by atoms with van der Waals surface area (Å²) in [4.78, 5) is 10.8. The predicted molar refractivity (Wildman–Crippen MR) is 56.4 cm³/mol. The Balaban J connectivity index is 2.31. The van der Waals surface area contributed by atoms with Crippen LogP contribution in [0.5, 0.6) is 0 Å². The van der Waals surface area contributed by atoms with Crippen LogP contribution in [-0.2, 0) is 4.74 Å². The number of halogens is 2. The molecule has 1 heterocycles. The Morgan fingerprint density at radius 2 is 2.36 bits per heavy atom. The SMILES string of the molecule is O=C1N[C@@H](c2cc(Cl)ccc2Br)CO1. The highest BCUT2D eigenvalue weighted by atomic mass is 79.9. The van der Waals surface area contributed by atoms with E-state index in [1.165, 1.54) is 0 Å². The molecule has 3 nitrogen and oxygen atoms in total. The number of cyclic esters (lactones) is 1. The van der Waals surface area contributed by atoms with E-state index in [9.17, 15) is 4.79 Å². The second-order valence-electron chi connectivity index (χ2n) is 2.96. The molecule has 0 unspecified atom stereocenters. The molecule has 14 heavy (non-hydrogen) atoms. The van der Waals surface area contributed by atoms with Crippen molar-refractivity contribution >= 4 is 33.6 Å². The number of hydrogen-bond donors (Lipinski definition) is 1. The van der Waals surface area contributed by atoms with E-state index in [4.69, 9.17) is 16.3 Å². The van der Waals surface area contributed by atoms with E-state index < -0.39 is 0 Å². The second-order valence-corrected chi connectivity index (χ2v) is 4.25. The number of hydrogen-bond acceptors (Lipinski definition) is 2. The number of rotatable bonds is 1. The molecule has 1 aromatic carbocycles. The lowest BCUT2D eigenvalue weighted by molar-refractivity contribution is 0.177. The molecule has 0 aliphatic carbocycles. The Hall–Kier alpha value is -0.740. The first-order chi connectivity index (χ1) is 6.66. The third kappa shape index (κ3) is 1.86. The second kappa shape index (κ2) is 3.79. The van der Waals surface area contributed by atoms with Crippen molar-refractivity contribution in [2.24, 2.45) is 0 Å². The third-order valence-electron chi connectivity index (χ3n) is 2.01. The lowest BCUT2D eigenvalue weighted by Crippen LogP contribution is -2.18. The van der Waals surface area contributed by atoms with Gasteiger partial charge in [-0.05, 0) is 23.8 Å². The first kappa shape index (κ1) is 9.80. The molecule has 0 aromatic heterocycles. The smallest absolute Gasteiger partial charge is 0.407 e. The molecule has 1 aromatic rings. The molecule has 2 rings (SSSR count). The van der Waals surface area contributed by atoms with Crippen LogP contribution < -0.4 is 5.32 Å². The van der Waals surface area contributed by atoms with Crippen molar-refractivity contribution in [1.29, 1.82) is 0 Å². The van der Waals surface area contributed by atoms with Crippen molar-refractivity contribution in [3.63, 3.8) is 0 Å². The van der Waals surface area contributed by atoms with E-state index in [2.05, 4.69) is 21.2 Å². The summed E-state index contributed by atoms with van der Waals surface area (Å²) >= 11 is 9.25. The number of ether oxygens (including phenoxy) is 1. The van der Waals surface area contributed by atoms with Gasteiger partial charge in [0.15, 0.2) is 0 Å². The number of nitrogens with one attached hydrogen (secondary N) is 1. The van der Waals surface area contributed by atoms with Gasteiger partial charge in [0, 0.05) is 9.50 Å². The fourth-order valence-electron chi connectivity index (χ4n) is 1.33. The first-order valence-corrected chi connectivity index (χ1v) is 5.22. The predicted octanol–water partition coefficient (Wildman–Crippen LogP) is 2.88. The minimum Gasteiger partial charge on any atom is -0.447 e. The molecule has 0 saturated carbocycles. The minimum absolute atomic E-state index is 0.115. The van der Waals surface area contributed by atoms with E-state index in [0.29, 0.717) is 11.6 Å². The Labute approximate surface area is 94.5 Å². The van der Waals surface area contributed by atoms with Crippen LogP contribution >= 0.6 is 27.5 Å². The van der Waals surface area contributed by atoms with Crippen LogP contribution in [0.2, 0.25) is 5.02 Å². The summed E-state index contributed by atoms with van der Waals surface area (Å²) in [7, 11) is 0. The quantitative estimate of drug-likeness (QED) is 0.856. The molecule has 0 radical (unpaired) electrons. The van der Waals surface area contributed by atoms with Gasteiger partial charge in [0.2, 0.25) is 0 Å². The number of carbonyl (C=O) groups is 1. The molecule has 1 fully saturated rings. The summed E-state index contributed by atoms with van der Waals surface area (Å²) in [6, 6.07) is 5.33. The number of alkyl carbamates (subject to hydrolysis) is 1. The normalized spacial score (nSPS) is 20.4. The largest absolute Gasteiger partial charge is 0.447 e. The van der Waals surface area contributed by atoms with E-state index >= 15 is 0 Å². The Morgan fingerprint density at radius 1 is 1.57 bits per heavy atom.